The summed E-state index contributed by atoms with van der Waals surface area (Å²) < 4.78 is 0.869. The van der Waals surface area contributed by atoms with Crippen molar-refractivity contribution in [3.63, 3.8) is 0 Å². The summed E-state index contributed by atoms with van der Waals surface area (Å²) in [6.07, 6.45) is 0. The molecule has 0 aromatic carbocycles. The summed E-state index contributed by atoms with van der Waals surface area (Å²) in [7, 11) is 0. The summed E-state index contributed by atoms with van der Waals surface area (Å²) in [5.74, 6) is 0.530. The van der Waals surface area contributed by atoms with Gasteiger partial charge in [-0.05, 0) is 6.07 Å². The Balaban J connectivity index is 3.07. The van der Waals surface area contributed by atoms with Crippen LogP contribution in [0.1, 0.15) is 5.56 Å². The fraction of sp³-hybridized carbons (Fsp3) is 0.167. The minimum atomic E-state index is 0.450. The van der Waals surface area contributed by atoms with Gasteiger partial charge in [0.2, 0.25) is 0 Å². The first kappa shape index (κ1) is 8.07. The van der Waals surface area contributed by atoms with Gasteiger partial charge in [-0.2, -0.15) is 0 Å². The quantitative estimate of drug-likeness (QED) is 0.482. The van der Waals surface area contributed by atoms with Crippen LogP contribution in [0.25, 0.3) is 0 Å². The molecule has 10 heavy (non-hydrogen) atoms. The van der Waals surface area contributed by atoms with Crippen LogP contribution in [0.2, 0.25) is 5.15 Å². The van der Waals surface area contributed by atoms with Crippen molar-refractivity contribution in [3.05, 3.63) is 22.8 Å². The third kappa shape index (κ3) is 1.73. The Hall–Kier alpha value is -0.0300. The van der Waals surface area contributed by atoms with E-state index in [4.69, 9.17) is 17.3 Å². The predicted octanol–water partition coefficient (Wildman–Crippen LogP) is 2.25. The summed E-state index contributed by atoms with van der Waals surface area (Å²) >= 11 is 7.81. The molecule has 2 N–H and O–H groups in total. The Morgan fingerprint density at radius 1 is 1.60 bits per heavy atom. The Morgan fingerprint density at radius 2 is 2.30 bits per heavy atom. The molecule has 1 aromatic rings. The van der Waals surface area contributed by atoms with E-state index in [1.54, 1.807) is 6.07 Å². The van der Waals surface area contributed by atoms with E-state index in [9.17, 15) is 0 Å². The maximum absolute atomic E-state index is 5.58. The molecule has 0 amide bonds. The van der Waals surface area contributed by atoms with Gasteiger partial charge in [0.1, 0.15) is 11.0 Å². The molecule has 4 heteroatoms. The number of nitrogens with zero attached hydrogens (tertiary/aromatic N) is 1. The minimum absolute atomic E-state index is 0.450. The van der Waals surface area contributed by atoms with Crippen molar-refractivity contribution < 1.29 is 0 Å². The zero-order chi connectivity index (χ0) is 7.56. The van der Waals surface area contributed by atoms with E-state index in [0.29, 0.717) is 11.0 Å². The predicted molar refractivity (Wildman–Crippen MR) is 51.4 cm³/mol. The summed E-state index contributed by atoms with van der Waals surface area (Å²) in [6.45, 7) is 0. The zero-order valence-electron chi connectivity index (χ0n) is 5.14. The van der Waals surface area contributed by atoms with Gasteiger partial charge in [-0.15, -0.1) is 0 Å². The Morgan fingerprint density at radius 3 is 2.80 bits per heavy atom. The van der Waals surface area contributed by atoms with Gasteiger partial charge < -0.3 is 5.73 Å². The number of hydrogen-bond acceptors (Lipinski definition) is 2. The van der Waals surface area contributed by atoms with Crippen LogP contribution in [0.15, 0.2) is 12.1 Å². The highest BCUT2D eigenvalue weighted by Crippen LogP contribution is 2.15. The molecule has 54 valence electrons. The van der Waals surface area contributed by atoms with Gasteiger partial charge in [-0.25, -0.2) is 4.98 Å². The van der Waals surface area contributed by atoms with Gasteiger partial charge in [0.05, 0.1) is 0 Å². The lowest BCUT2D eigenvalue weighted by Gasteiger charge is -1.98. The van der Waals surface area contributed by atoms with Gasteiger partial charge in [0.25, 0.3) is 0 Å². The fourth-order valence-electron chi connectivity index (χ4n) is 0.592. The van der Waals surface area contributed by atoms with Crippen LogP contribution in [-0.2, 0) is 4.43 Å². The average Bonchev–Trinajstić information content (AvgIpc) is 1.88. The monoisotopic (exact) mass is 268 g/mol. The molecule has 1 rings (SSSR count). The maximum atomic E-state index is 5.58. The van der Waals surface area contributed by atoms with Crippen LogP contribution < -0.4 is 5.73 Å². The van der Waals surface area contributed by atoms with E-state index < -0.39 is 0 Å². The summed E-state index contributed by atoms with van der Waals surface area (Å²) in [5.41, 5.74) is 6.56. The SMILES string of the molecule is Nc1nc(Cl)ccc1CI. The van der Waals surface area contributed by atoms with Crippen LogP contribution in [-0.4, -0.2) is 4.98 Å². The molecule has 2 nitrogen and oxygen atoms in total. The summed E-state index contributed by atoms with van der Waals surface area (Å²) in [4.78, 5) is 3.88. The number of anilines is 1. The molecule has 0 atom stereocenters. The number of hydrogen-bond donors (Lipinski definition) is 1. The zero-order valence-corrected chi connectivity index (χ0v) is 8.06. The first-order valence-electron chi connectivity index (χ1n) is 2.71. The molecule has 0 bridgehead atoms. The van der Waals surface area contributed by atoms with Crippen molar-refractivity contribution in [1.82, 2.24) is 4.98 Å². The van der Waals surface area contributed by atoms with Crippen molar-refractivity contribution in [1.29, 1.82) is 0 Å². The number of alkyl halides is 1. The van der Waals surface area contributed by atoms with Crippen molar-refractivity contribution in [3.8, 4) is 0 Å². The van der Waals surface area contributed by atoms with Crippen LogP contribution in [0, 0.1) is 0 Å². The van der Waals surface area contributed by atoms with Crippen molar-refractivity contribution in [2.75, 3.05) is 5.73 Å². The number of nitrogen functional groups attached to an aromatic ring is 1. The van der Waals surface area contributed by atoms with Crippen molar-refractivity contribution in [2.24, 2.45) is 0 Å². The van der Waals surface area contributed by atoms with Crippen molar-refractivity contribution in [2.45, 2.75) is 4.43 Å². The normalized spacial score (nSPS) is 9.80. The number of pyridine rings is 1. The van der Waals surface area contributed by atoms with E-state index in [0.717, 1.165) is 9.99 Å². The van der Waals surface area contributed by atoms with E-state index >= 15 is 0 Å². The second-order valence-corrected chi connectivity index (χ2v) is 2.96. The van der Waals surface area contributed by atoms with E-state index in [2.05, 4.69) is 27.6 Å². The second-order valence-electron chi connectivity index (χ2n) is 1.81. The third-order valence-electron chi connectivity index (χ3n) is 1.12. The van der Waals surface area contributed by atoms with Gasteiger partial charge >= 0.3 is 0 Å². The second kappa shape index (κ2) is 3.39. The topological polar surface area (TPSA) is 38.9 Å². The van der Waals surface area contributed by atoms with Gasteiger partial charge in [0, 0.05) is 9.99 Å². The lowest BCUT2D eigenvalue weighted by atomic mass is 10.3. The molecule has 1 aromatic heterocycles. The van der Waals surface area contributed by atoms with E-state index in [1.165, 1.54) is 0 Å². The molecule has 0 saturated heterocycles. The number of rotatable bonds is 1. The first-order chi connectivity index (χ1) is 4.74. The highest BCUT2D eigenvalue weighted by atomic mass is 127. The van der Waals surface area contributed by atoms with E-state index in [1.807, 2.05) is 6.07 Å². The largest absolute Gasteiger partial charge is 0.383 e. The molecule has 0 unspecified atom stereocenters. The van der Waals surface area contributed by atoms with Crippen LogP contribution >= 0.6 is 34.2 Å². The lowest BCUT2D eigenvalue weighted by Crippen LogP contribution is -1.94. The molecule has 0 radical (unpaired) electrons. The minimum Gasteiger partial charge on any atom is -0.383 e. The highest BCUT2D eigenvalue weighted by Gasteiger charge is 1.97. The summed E-state index contributed by atoms with van der Waals surface area (Å²) in [6, 6.07) is 3.63. The van der Waals surface area contributed by atoms with Crippen LogP contribution in [0.5, 0.6) is 0 Å². The Labute approximate surface area is 77.9 Å². The molecule has 0 fully saturated rings. The van der Waals surface area contributed by atoms with Gasteiger partial charge in [0.15, 0.2) is 0 Å². The molecule has 0 aliphatic heterocycles. The maximum Gasteiger partial charge on any atom is 0.131 e. The number of nitrogens with two attached hydrogens (primary N) is 1. The Bertz CT molecular complexity index is 239. The van der Waals surface area contributed by atoms with Crippen molar-refractivity contribution >= 4 is 40.0 Å². The lowest BCUT2D eigenvalue weighted by molar-refractivity contribution is 1.27. The molecule has 0 saturated carbocycles. The van der Waals surface area contributed by atoms with E-state index in [-0.39, 0.29) is 0 Å². The molecular formula is C6H6ClIN2. The van der Waals surface area contributed by atoms with Crippen LogP contribution in [0.3, 0.4) is 0 Å². The highest BCUT2D eigenvalue weighted by molar-refractivity contribution is 14.1. The molecule has 0 spiro atoms. The Kier molecular flexibility index (Phi) is 2.73. The summed E-state index contributed by atoms with van der Waals surface area (Å²) in [5, 5.41) is 0.450. The standard InChI is InChI=1S/C6H6ClIN2/c7-5-2-1-4(3-8)6(9)10-5/h1-2H,3H2,(H2,9,10). The molecular weight excluding hydrogens is 262 g/mol. The van der Waals surface area contributed by atoms with Gasteiger partial charge in [-0.1, -0.05) is 40.3 Å². The molecule has 0 aliphatic rings. The van der Waals surface area contributed by atoms with Crippen LogP contribution in [0.4, 0.5) is 5.82 Å². The fourth-order valence-corrected chi connectivity index (χ4v) is 1.39. The smallest absolute Gasteiger partial charge is 0.131 e. The first-order valence-corrected chi connectivity index (χ1v) is 4.61. The molecule has 1 heterocycles. The molecule has 0 aliphatic carbocycles. The number of aromatic nitrogens is 1. The average molecular weight is 268 g/mol. The number of halogens is 2. The third-order valence-corrected chi connectivity index (χ3v) is 2.15. The van der Waals surface area contributed by atoms with Gasteiger partial charge in [-0.3, -0.25) is 0 Å².